The fourth-order valence-electron chi connectivity index (χ4n) is 2.92. The number of amides is 2. The summed E-state index contributed by atoms with van der Waals surface area (Å²) in [6.45, 7) is 0.462. The maximum atomic E-state index is 12.5. The SMILES string of the molecule is COc1cccc(CCNC(=O)c2cccc(C(=O)Nc3cccc(C#N)c3)c2)c1. The fraction of sp³-hybridized carbons (Fsp3) is 0.125. The molecule has 0 atom stereocenters. The van der Waals surface area contributed by atoms with Gasteiger partial charge in [-0.15, -0.1) is 0 Å². The number of ether oxygens (including phenoxy) is 1. The van der Waals surface area contributed by atoms with Crippen molar-refractivity contribution in [1.29, 1.82) is 5.26 Å². The van der Waals surface area contributed by atoms with Gasteiger partial charge in [-0.05, 0) is 60.5 Å². The van der Waals surface area contributed by atoms with Gasteiger partial charge in [0, 0.05) is 23.4 Å². The molecule has 0 unspecified atom stereocenters. The number of nitrogens with zero attached hydrogens (tertiary/aromatic N) is 1. The molecule has 30 heavy (non-hydrogen) atoms. The van der Waals surface area contributed by atoms with Crippen LogP contribution in [0.25, 0.3) is 0 Å². The molecule has 0 heterocycles. The van der Waals surface area contributed by atoms with Crippen LogP contribution in [0.4, 0.5) is 5.69 Å². The molecule has 0 saturated heterocycles. The van der Waals surface area contributed by atoms with Gasteiger partial charge in [0.05, 0.1) is 18.7 Å². The molecule has 6 heteroatoms. The average Bonchev–Trinajstić information content (AvgIpc) is 2.79. The largest absolute Gasteiger partial charge is 0.497 e. The van der Waals surface area contributed by atoms with Crippen molar-refractivity contribution in [3.63, 3.8) is 0 Å². The van der Waals surface area contributed by atoms with Crippen LogP contribution in [0, 0.1) is 11.3 Å². The Morgan fingerprint density at radius 1 is 0.933 bits per heavy atom. The third kappa shape index (κ3) is 5.46. The molecule has 6 nitrogen and oxygen atoms in total. The van der Waals surface area contributed by atoms with Crippen LogP contribution in [0.5, 0.6) is 5.75 Å². The Morgan fingerprint density at radius 2 is 1.67 bits per heavy atom. The molecule has 0 aliphatic carbocycles. The second-order valence-electron chi connectivity index (χ2n) is 6.58. The van der Waals surface area contributed by atoms with Crippen LogP contribution in [0.3, 0.4) is 0 Å². The zero-order valence-electron chi connectivity index (χ0n) is 16.5. The molecular weight excluding hydrogens is 378 g/mol. The van der Waals surface area contributed by atoms with E-state index < -0.39 is 0 Å². The number of carbonyl (C=O) groups excluding carboxylic acids is 2. The average molecular weight is 399 g/mol. The monoisotopic (exact) mass is 399 g/mol. The molecular formula is C24H21N3O3. The summed E-state index contributed by atoms with van der Waals surface area (Å²) in [6.07, 6.45) is 0.665. The summed E-state index contributed by atoms with van der Waals surface area (Å²) < 4.78 is 5.20. The predicted molar refractivity (Wildman–Crippen MR) is 115 cm³/mol. The molecule has 0 radical (unpaired) electrons. The van der Waals surface area contributed by atoms with Gasteiger partial charge in [0.2, 0.25) is 0 Å². The fourth-order valence-corrected chi connectivity index (χ4v) is 2.92. The smallest absolute Gasteiger partial charge is 0.255 e. The third-order valence-electron chi connectivity index (χ3n) is 4.47. The number of methoxy groups -OCH3 is 1. The van der Waals surface area contributed by atoms with Crippen molar-refractivity contribution in [1.82, 2.24) is 5.32 Å². The third-order valence-corrected chi connectivity index (χ3v) is 4.47. The maximum absolute atomic E-state index is 12.5. The Hall–Kier alpha value is -4.11. The molecule has 2 amide bonds. The molecule has 0 aliphatic rings. The second kappa shape index (κ2) is 9.89. The van der Waals surface area contributed by atoms with Crippen molar-refractivity contribution < 1.29 is 14.3 Å². The first-order valence-corrected chi connectivity index (χ1v) is 9.42. The zero-order valence-corrected chi connectivity index (χ0v) is 16.5. The van der Waals surface area contributed by atoms with E-state index in [4.69, 9.17) is 10.00 Å². The Kier molecular flexibility index (Phi) is 6.80. The van der Waals surface area contributed by atoms with Crippen molar-refractivity contribution in [3.05, 3.63) is 95.1 Å². The number of benzene rings is 3. The lowest BCUT2D eigenvalue weighted by molar-refractivity contribution is 0.0954. The van der Waals surface area contributed by atoms with Gasteiger partial charge in [0.1, 0.15) is 5.75 Å². The molecule has 3 rings (SSSR count). The van der Waals surface area contributed by atoms with Crippen molar-refractivity contribution in [2.75, 3.05) is 19.0 Å². The number of rotatable bonds is 7. The van der Waals surface area contributed by atoms with Gasteiger partial charge < -0.3 is 15.4 Å². The minimum absolute atomic E-state index is 0.251. The molecule has 0 bridgehead atoms. The summed E-state index contributed by atoms with van der Waals surface area (Å²) in [5.74, 6) is 0.174. The van der Waals surface area contributed by atoms with Crippen LogP contribution >= 0.6 is 0 Å². The molecule has 3 aromatic rings. The Bertz CT molecular complexity index is 1100. The highest BCUT2D eigenvalue weighted by Gasteiger charge is 2.11. The van der Waals surface area contributed by atoms with Crippen molar-refractivity contribution in [2.24, 2.45) is 0 Å². The van der Waals surface area contributed by atoms with E-state index in [0.717, 1.165) is 11.3 Å². The molecule has 0 spiro atoms. The van der Waals surface area contributed by atoms with Crippen molar-refractivity contribution in [3.8, 4) is 11.8 Å². The number of hydrogen-bond donors (Lipinski definition) is 2. The molecule has 150 valence electrons. The van der Waals surface area contributed by atoms with Crippen LogP contribution in [0.2, 0.25) is 0 Å². The molecule has 0 aromatic heterocycles. The van der Waals surface area contributed by atoms with Crippen LogP contribution < -0.4 is 15.4 Å². The van der Waals surface area contributed by atoms with Crippen LogP contribution in [-0.2, 0) is 6.42 Å². The van der Waals surface area contributed by atoms with Gasteiger partial charge in [-0.2, -0.15) is 5.26 Å². The first-order chi connectivity index (χ1) is 14.6. The lowest BCUT2D eigenvalue weighted by Crippen LogP contribution is -2.26. The lowest BCUT2D eigenvalue weighted by Gasteiger charge is -2.09. The summed E-state index contributed by atoms with van der Waals surface area (Å²) >= 11 is 0. The number of nitrogens with one attached hydrogen (secondary N) is 2. The topological polar surface area (TPSA) is 91.2 Å². The normalized spacial score (nSPS) is 10.0. The molecule has 0 fully saturated rings. The second-order valence-corrected chi connectivity index (χ2v) is 6.58. The number of carbonyl (C=O) groups is 2. The Labute approximate surface area is 175 Å². The van der Waals surface area contributed by atoms with E-state index in [-0.39, 0.29) is 11.8 Å². The highest BCUT2D eigenvalue weighted by molar-refractivity contribution is 6.06. The number of anilines is 1. The van der Waals surface area contributed by atoms with E-state index in [1.165, 1.54) is 0 Å². The van der Waals surface area contributed by atoms with Gasteiger partial charge in [0.25, 0.3) is 11.8 Å². The van der Waals surface area contributed by atoms with E-state index in [1.807, 2.05) is 30.3 Å². The summed E-state index contributed by atoms with van der Waals surface area (Å²) in [6, 6.07) is 22.9. The summed E-state index contributed by atoms with van der Waals surface area (Å²) in [4.78, 5) is 25.0. The van der Waals surface area contributed by atoms with Crippen LogP contribution in [-0.4, -0.2) is 25.5 Å². The highest BCUT2D eigenvalue weighted by atomic mass is 16.5. The van der Waals surface area contributed by atoms with Gasteiger partial charge in [-0.1, -0.05) is 24.3 Å². The van der Waals surface area contributed by atoms with E-state index >= 15 is 0 Å². The van der Waals surface area contributed by atoms with Crippen LogP contribution in [0.15, 0.2) is 72.8 Å². The first kappa shape index (κ1) is 20.6. The van der Waals surface area contributed by atoms with Crippen molar-refractivity contribution >= 4 is 17.5 Å². The van der Waals surface area contributed by atoms with E-state index in [1.54, 1.807) is 55.6 Å². The summed E-state index contributed by atoms with van der Waals surface area (Å²) in [5.41, 5.74) is 2.79. The van der Waals surface area contributed by atoms with E-state index in [9.17, 15) is 9.59 Å². The zero-order chi connectivity index (χ0) is 21.3. The van der Waals surface area contributed by atoms with Crippen LogP contribution in [0.1, 0.15) is 31.8 Å². The van der Waals surface area contributed by atoms with Gasteiger partial charge in [-0.3, -0.25) is 9.59 Å². The Balaban J connectivity index is 1.60. The van der Waals surface area contributed by atoms with Gasteiger partial charge in [0.15, 0.2) is 0 Å². The molecule has 2 N–H and O–H groups in total. The Morgan fingerprint density at radius 3 is 2.43 bits per heavy atom. The van der Waals surface area contributed by atoms with E-state index in [0.29, 0.717) is 35.3 Å². The van der Waals surface area contributed by atoms with Gasteiger partial charge >= 0.3 is 0 Å². The minimum Gasteiger partial charge on any atom is -0.497 e. The summed E-state index contributed by atoms with van der Waals surface area (Å²) in [5, 5.41) is 14.6. The predicted octanol–water partition coefficient (Wildman–Crippen LogP) is 3.79. The quantitative estimate of drug-likeness (QED) is 0.632. The van der Waals surface area contributed by atoms with Gasteiger partial charge in [-0.25, -0.2) is 0 Å². The molecule has 0 aliphatic heterocycles. The summed E-state index contributed by atoms with van der Waals surface area (Å²) in [7, 11) is 1.62. The number of nitriles is 1. The van der Waals surface area contributed by atoms with E-state index in [2.05, 4.69) is 10.6 Å². The highest BCUT2D eigenvalue weighted by Crippen LogP contribution is 2.14. The maximum Gasteiger partial charge on any atom is 0.255 e. The van der Waals surface area contributed by atoms with Crippen molar-refractivity contribution in [2.45, 2.75) is 6.42 Å². The lowest BCUT2D eigenvalue weighted by atomic mass is 10.1. The standard InChI is InChI=1S/C24H21N3O3/c1-30-22-10-3-5-17(14-22)11-12-26-23(28)19-7-4-8-20(15-19)24(29)27-21-9-2-6-18(13-21)16-25/h2-10,13-15H,11-12H2,1H3,(H,26,28)(H,27,29). The number of hydrogen-bond acceptors (Lipinski definition) is 4. The minimum atomic E-state index is -0.351. The molecule has 3 aromatic carbocycles. The molecule has 0 saturated carbocycles. The first-order valence-electron chi connectivity index (χ1n) is 9.42.